The largest absolute Gasteiger partial charge is 0.283 e. The Morgan fingerprint density at radius 2 is 2.06 bits per heavy atom. The minimum Gasteiger partial charge on any atom is -0.283 e. The van der Waals surface area contributed by atoms with Crippen molar-refractivity contribution in [1.82, 2.24) is 20.2 Å². The molecule has 0 aliphatic heterocycles. The number of para-hydroxylation sites is 1. The van der Waals surface area contributed by atoms with Crippen LogP contribution in [0.5, 0.6) is 0 Å². The molecule has 0 unspecified atom stereocenters. The summed E-state index contributed by atoms with van der Waals surface area (Å²) in [5, 5.41) is 7.48. The van der Waals surface area contributed by atoms with E-state index in [0.29, 0.717) is 23.7 Å². The highest BCUT2D eigenvalue weighted by Gasteiger charge is 2.12. The van der Waals surface area contributed by atoms with Crippen molar-refractivity contribution < 1.29 is 4.79 Å². The number of H-pyrrole nitrogens is 1. The van der Waals surface area contributed by atoms with Gasteiger partial charge in [-0.25, -0.2) is 4.98 Å². The van der Waals surface area contributed by atoms with Gasteiger partial charge in [-0.1, -0.05) is 18.2 Å². The first-order chi connectivity index (χ1) is 8.88. The molecule has 2 aromatic heterocycles. The third-order valence-electron chi connectivity index (χ3n) is 2.53. The Hall–Kier alpha value is -2.76. The van der Waals surface area contributed by atoms with Crippen molar-refractivity contribution in [3.63, 3.8) is 0 Å². The van der Waals surface area contributed by atoms with Gasteiger partial charge in [0.2, 0.25) is 12.4 Å². The van der Waals surface area contributed by atoms with Gasteiger partial charge in [0.1, 0.15) is 0 Å². The summed E-state index contributed by atoms with van der Waals surface area (Å²) in [7, 11) is 0. The Kier molecular flexibility index (Phi) is 2.45. The second kappa shape index (κ2) is 4.25. The number of carbonyl (C=O) groups is 1. The van der Waals surface area contributed by atoms with Crippen LogP contribution in [0.4, 0.5) is 11.6 Å². The molecule has 1 aromatic carbocycles. The number of aromatic nitrogens is 4. The van der Waals surface area contributed by atoms with Crippen LogP contribution in [-0.4, -0.2) is 26.6 Å². The molecule has 0 fully saturated rings. The highest BCUT2D eigenvalue weighted by molar-refractivity contribution is 5.85. The summed E-state index contributed by atoms with van der Waals surface area (Å²) in [5.74, 6) is 0.302. The lowest BCUT2D eigenvalue weighted by atomic mass is 10.3. The summed E-state index contributed by atoms with van der Waals surface area (Å²) in [5.41, 5.74) is 1.24. The van der Waals surface area contributed by atoms with E-state index in [0.717, 1.165) is 5.39 Å². The van der Waals surface area contributed by atoms with Gasteiger partial charge in [-0.05, 0) is 12.1 Å². The summed E-state index contributed by atoms with van der Waals surface area (Å²) in [6.45, 7) is 0. The number of rotatable bonds is 3. The molecule has 6 nitrogen and oxygen atoms in total. The van der Waals surface area contributed by atoms with Crippen LogP contribution >= 0.6 is 0 Å². The number of hydrogen-bond acceptors (Lipinski definition) is 4. The molecular formula is C12H9N5O. The fourth-order valence-electron chi connectivity index (χ4n) is 1.66. The zero-order valence-corrected chi connectivity index (χ0v) is 9.32. The molecule has 3 aromatic rings. The fraction of sp³-hybridized carbons (Fsp3) is 0. The molecule has 0 atom stereocenters. The minimum atomic E-state index is 0.302. The molecule has 2 heterocycles. The Bertz CT molecular complexity index is 679. The standard InChI is InChI=1S/C12H9N5O/c18-8-17(10-4-2-1-3-5-10)12-13-6-9-7-14-16-11(9)15-12/h1-8H,(H,13,14,15,16). The van der Waals surface area contributed by atoms with Crippen LogP contribution in [0.15, 0.2) is 42.7 Å². The fourth-order valence-corrected chi connectivity index (χ4v) is 1.66. The average molecular weight is 239 g/mol. The van der Waals surface area contributed by atoms with E-state index in [1.54, 1.807) is 12.4 Å². The van der Waals surface area contributed by atoms with Crippen molar-refractivity contribution in [2.45, 2.75) is 0 Å². The van der Waals surface area contributed by atoms with Crippen LogP contribution < -0.4 is 4.90 Å². The highest BCUT2D eigenvalue weighted by atomic mass is 16.1. The first-order valence-electron chi connectivity index (χ1n) is 5.34. The van der Waals surface area contributed by atoms with Gasteiger partial charge in [-0.2, -0.15) is 10.1 Å². The molecule has 18 heavy (non-hydrogen) atoms. The molecule has 0 saturated carbocycles. The number of nitrogens with one attached hydrogen (secondary N) is 1. The smallest absolute Gasteiger partial charge is 0.238 e. The van der Waals surface area contributed by atoms with Gasteiger partial charge in [-0.15, -0.1) is 0 Å². The number of aromatic amines is 1. The quantitative estimate of drug-likeness (QED) is 0.705. The van der Waals surface area contributed by atoms with E-state index >= 15 is 0 Å². The van der Waals surface area contributed by atoms with Gasteiger partial charge >= 0.3 is 0 Å². The molecule has 3 rings (SSSR count). The lowest BCUT2D eigenvalue weighted by Gasteiger charge is -2.14. The van der Waals surface area contributed by atoms with Crippen LogP contribution in [0.1, 0.15) is 0 Å². The van der Waals surface area contributed by atoms with E-state index in [2.05, 4.69) is 20.2 Å². The summed E-state index contributed by atoms with van der Waals surface area (Å²) in [6.07, 6.45) is 4.01. The lowest BCUT2D eigenvalue weighted by molar-refractivity contribution is -0.106. The monoisotopic (exact) mass is 239 g/mol. The van der Waals surface area contributed by atoms with E-state index in [9.17, 15) is 4.79 Å². The topological polar surface area (TPSA) is 74.8 Å². The van der Waals surface area contributed by atoms with Gasteiger partial charge < -0.3 is 0 Å². The van der Waals surface area contributed by atoms with E-state index in [1.807, 2.05) is 30.3 Å². The maximum Gasteiger partial charge on any atom is 0.238 e. The Labute approximate surface area is 102 Å². The highest BCUT2D eigenvalue weighted by Crippen LogP contribution is 2.20. The van der Waals surface area contributed by atoms with E-state index in [-0.39, 0.29) is 0 Å². The summed E-state index contributed by atoms with van der Waals surface area (Å²) >= 11 is 0. The number of carbonyl (C=O) groups excluding carboxylic acids is 1. The first-order valence-corrected chi connectivity index (χ1v) is 5.34. The number of fused-ring (bicyclic) bond motifs is 1. The Balaban J connectivity index is 2.08. The van der Waals surface area contributed by atoms with Crippen molar-refractivity contribution in [3.05, 3.63) is 42.7 Å². The third-order valence-corrected chi connectivity index (χ3v) is 2.53. The molecule has 88 valence electrons. The van der Waals surface area contributed by atoms with Gasteiger partial charge in [0.15, 0.2) is 5.65 Å². The average Bonchev–Trinajstić information content (AvgIpc) is 2.88. The van der Waals surface area contributed by atoms with E-state index in [4.69, 9.17) is 0 Å². The SMILES string of the molecule is O=CN(c1ccccc1)c1ncc2c[nH]nc2n1. The van der Waals surface area contributed by atoms with Crippen molar-refractivity contribution in [3.8, 4) is 0 Å². The molecule has 0 aliphatic carbocycles. The molecule has 0 radical (unpaired) electrons. The zero-order valence-electron chi connectivity index (χ0n) is 9.32. The Morgan fingerprint density at radius 3 is 2.83 bits per heavy atom. The predicted octanol–water partition coefficient (Wildman–Crippen LogP) is 1.65. The van der Waals surface area contributed by atoms with Crippen LogP contribution in [-0.2, 0) is 4.79 Å². The van der Waals surface area contributed by atoms with Gasteiger partial charge in [0, 0.05) is 12.4 Å². The van der Waals surface area contributed by atoms with E-state index in [1.165, 1.54) is 4.90 Å². The molecule has 0 aliphatic rings. The lowest BCUT2D eigenvalue weighted by Crippen LogP contribution is -2.16. The number of hydrogen-bond donors (Lipinski definition) is 1. The number of nitrogens with zero attached hydrogens (tertiary/aromatic N) is 4. The van der Waals surface area contributed by atoms with Crippen LogP contribution in [0.2, 0.25) is 0 Å². The molecule has 1 N–H and O–H groups in total. The van der Waals surface area contributed by atoms with E-state index < -0.39 is 0 Å². The van der Waals surface area contributed by atoms with Crippen molar-refractivity contribution >= 4 is 29.1 Å². The number of amides is 1. The van der Waals surface area contributed by atoms with Crippen LogP contribution in [0, 0.1) is 0 Å². The van der Waals surface area contributed by atoms with Gasteiger partial charge in [0.05, 0.1) is 11.1 Å². The zero-order chi connectivity index (χ0) is 12.4. The normalized spacial score (nSPS) is 10.4. The maximum atomic E-state index is 11.2. The van der Waals surface area contributed by atoms with Crippen LogP contribution in [0.25, 0.3) is 11.0 Å². The summed E-state index contributed by atoms with van der Waals surface area (Å²) in [4.78, 5) is 20.9. The predicted molar refractivity (Wildman–Crippen MR) is 66.3 cm³/mol. The van der Waals surface area contributed by atoms with Crippen molar-refractivity contribution in [2.24, 2.45) is 0 Å². The molecular weight excluding hydrogens is 230 g/mol. The van der Waals surface area contributed by atoms with Gasteiger partial charge in [-0.3, -0.25) is 14.8 Å². The molecule has 0 spiro atoms. The third kappa shape index (κ3) is 1.69. The maximum absolute atomic E-state index is 11.2. The molecule has 1 amide bonds. The minimum absolute atomic E-state index is 0.302. The molecule has 0 saturated heterocycles. The molecule has 6 heteroatoms. The Morgan fingerprint density at radius 1 is 1.22 bits per heavy atom. The number of benzene rings is 1. The summed E-state index contributed by atoms with van der Waals surface area (Å²) in [6, 6.07) is 9.20. The van der Waals surface area contributed by atoms with Crippen LogP contribution in [0.3, 0.4) is 0 Å². The second-order valence-corrected chi connectivity index (χ2v) is 3.65. The number of anilines is 2. The van der Waals surface area contributed by atoms with Crippen molar-refractivity contribution in [2.75, 3.05) is 4.90 Å². The van der Waals surface area contributed by atoms with Crippen molar-refractivity contribution in [1.29, 1.82) is 0 Å². The van der Waals surface area contributed by atoms with Gasteiger partial charge in [0.25, 0.3) is 0 Å². The second-order valence-electron chi connectivity index (χ2n) is 3.65. The first kappa shape index (κ1) is 10.4. The molecule has 0 bridgehead atoms. The summed E-state index contributed by atoms with van der Waals surface area (Å²) < 4.78 is 0.